The molecule has 0 bridgehead atoms. The highest BCUT2D eigenvalue weighted by Gasteiger charge is 2.12. The summed E-state index contributed by atoms with van der Waals surface area (Å²) in [5.41, 5.74) is 3.22. The van der Waals surface area contributed by atoms with Crippen molar-refractivity contribution in [2.45, 2.75) is 26.3 Å². The molecule has 1 fully saturated rings. The molecule has 0 atom stereocenters. The van der Waals surface area contributed by atoms with Crippen LogP contribution in [-0.2, 0) is 6.54 Å². The van der Waals surface area contributed by atoms with Gasteiger partial charge in [0.15, 0.2) is 5.65 Å². The largest absolute Gasteiger partial charge is 0.299 e. The molecule has 1 aliphatic heterocycles. The van der Waals surface area contributed by atoms with Crippen molar-refractivity contribution in [2.75, 3.05) is 13.1 Å². The maximum atomic E-state index is 4.38. The van der Waals surface area contributed by atoms with E-state index in [9.17, 15) is 0 Å². The zero-order valence-corrected chi connectivity index (χ0v) is 9.53. The Morgan fingerprint density at radius 2 is 2.19 bits per heavy atom. The van der Waals surface area contributed by atoms with Crippen LogP contribution in [0.2, 0.25) is 0 Å². The molecule has 2 aromatic heterocycles. The Balaban J connectivity index is 1.88. The second-order valence-electron chi connectivity index (χ2n) is 4.55. The van der Waals surface area contributed by atoms with E-state index in [4.69, 9.17) is 0 Å². The number of pyridine rings is 1. The van der Waals surface area contributed by atoms with E-state index in [1.54, 1.807) is 0 Å². The van der Waals surface area contributed by atoms with E-state index in [0.29, 0.717) is 0 Å². The number of likely N-dealkylation sites (tertiary alicyclic amines) is 1. The number of fused-ring (bicyclic) bond motifs is 1. The normalized spacial score (nSPS) is 17.3. The molecule has 0 aliphatic carbocycles. The lowest BCUT2D eigenvalue weighted by Gasteiger charge is -2.13. The number of nitrogens with zero attached hydrogens (tertiary/aromatic N) is 3. The lowest BCUT2D eigenvalue weighted by Crippen LogP contribution is -2.18. The molecular formula is C12H16N4. The number of hydrogen-bond donors (Lipinski definition) is 1. The van der Waals surface area contributed by atoms with Crippen LogP contribution < -0.4 is 0 Å². The highest BCUT2D eigenvalue weighted by atomic mass is 15.2. The standard InChI is InChI=1S/C12H16N4/c1-9-11-6-10(7-13-12(11)15-14-9)8-16-4-2-3-5-16/h6-7H,2-5,8H2,1H3,(H,13,14,15). The SMILES string of the molecule is Cc1[nH]nc2ncc(CN3CCCC3)cc12. The van der Waals surface area contributed by atoms with Gasteiger partial charge in [0.1, 0.15) is 0 Å². The van der Waals surface area contributed by atoms with E-state index in [2.05, 4.69) is 26.1 Å². The summed E-state index contributed by atoms with van der Waals surface area (Å²) < 4.78 is 0. The molecule has 3 rings (SSSR count). The van der Waals surface area contributed by atoms with Crippen molar-refractivity contribution in [1.82, 2.24) is 20.1 Å². The minimum Gasteiger partial charge on any atom is -0.299 e. The third kappa shape index (κ3) is 1.69. The third-order valence-corrected chi connectivity index (χ3v) is 3.26. The van der Waals surface area contributed by atoms with Crippen LogP contribution in [-0.4, -0.2) is 33.2 Å². The van der Waals surface area contributed by atoms with Crippen LogP contribution >= 0.6 is 0 Å². The van der Waals surface area contributed by atoms with E-state index in [1.807, 2.05) is 13.1 Å². The molecule has 0 radical (unpaired) electrons. The minimum absolute atomic E-state index is 0.822. The van der Waals surface area contributed by atoms with E-state index >= 15 is 0 Å². The summed E-state index contributed by atoms with van der Waals surface area (Å²) in [7, 11) is 0. The second kappa shape index (κ2) is 3.87. The van der Waals surface area contributed by atoms with E-state index in [1.165, 1.54) is 31.5 Å². The first-order valence-corrected chi connectivity index (χ1v) is 5.85. The van der Waals surface area contributed by atoms with Crippen molar-refractivity contribution in [3.63, 3.8) is 0 Å². The van der Waals surface area contributed by atoms with E-state index in [-0.39, 0.29) is 0 Å². The van der Waals surface area contributed by atoms with Gasteiger partial charge in [-0.3, -0.25) is 10.00 Å². The van der Waals surface area contributed by atoms with Crippen molar-refractivity contribution in [2.24, 2.45) is 0 Å². The number of aromatic nitrogens is 3. The molecule has 1 aliphatic rings. The number of aromatic amines is 1. The summed E-state index contributed by atoms with van der Waals surface area (Å²) in [5.74, 6) is 0. The van der Waals surface area contributed by atoms with Gasteiger partial charge in [-0.05, 0) is 44.5 Å². The number of hydrogen-bond acceptors (Lipinski definition) is 3. The molecule has 1 saturated heterocycles. The predicted molar refractivity (Wildman–Crippen MR) is 63.1 cm³/mol. The maximum Gasteiger partial charge on any atom is 0.181 e. The predicted octanol–water partition coefficient (Wildman–Crippen LogP) is 1.86. The smallest absolute Gasteiger partial charge is 0.181 e. The molecule has 0 aromatic carbocycles. The maximum absolute atomic E-state index is 4.38. The fourth-order valence-corrected chi connectivity index (χ4v) is 2.35. The molecule has 0 saturated carbocycles. The van der Waals surface area contributed by atoms with Gasteiger partial charge >= 0.3 is 0 Å². The Morgan fingerprint density at radius 1 is 1.38 bits per heavy atom. The van der Waals surface area contributed by atoms with Gasteiger partial charge in [0, 0.05) is 23.8 Å². The monoisotopic (exact) mass is 216 g/mol. The Bertz CT molecular complexity index is 497. The first-order valence-electron chi connectivity index (χ1n) is 5.85. The number of nitrogens with one attached hydrogen (secondary N) is 1. The summed E-state index contributed by atoms with van der Waals surface area (Å²) >= 11 is 0. The van der Waals surface area contributed by atoms with Gasteiger partial charge in [0.2, 0.25) is 0 Å². The van der Waals surface area contributed by atoms with Crippen molar-refractivity contribution in [3.8, 4) is 0 Å². The molecule has 0 amide bonds. The topological polar surface area (TPSA) is 44.8 Å². The average Bonchev–Trinajstić information content (AvgIpc) is 2.90. The summed E-state index contributed by atoms with van der Waals surface area (Å²) in [6.07, 6.45) is 4.61. The molecule has 2 aromatic rings. The zero-order chi connectivity index (χ0) is 11.0. The minimum atomic E-state index is 0.822. The van der Waals surface area contributed by atoms with Crippen LogP contribution in [0.15, 0.2) is 12.3 Å². The second-order valence-corrected chi connectivity index (χ2v) is 4.55. The summed E-state index contributed by atoms with van der Waals surface area (Å²) in [5, 5.41) is 8.26. The van der Waals surface area contributed by atoms with Crippen LogP contribution in [0.5, 0.6) is 0 Å². The van der Waals surface area contributed by atoms with Crippen LogP contribution in [0.25, 0.3) is 11.0 Å². The molecule has 84 valence electrons. The van der Waals surface area contributed by atoms with E-state index in [0.717, 1.165) is 23.3 Å². The average molecular weight is 216 g/mol. The number of rotatable bonds is 2. The van der Waals surface area contributed by atoms with E-state index < -0.39 is 0 Å². The molecule has 16 heavy (non-hydrogen) atoms. The highest BCUT2D eigenvalue weighted by Crippen LogP contribution is 2.17. The third-order valence-electron chi connectivity index (χ3n) is 3.26. The van der Waals surface area contributed by atoms with Crippen molar-refractivity contribution in [3.05, 3.63) is 23.5 Å². The summed E-state index contributed by atoms with van der Waals surface area (Å²) in [6, 6.07) is 2.21. The first-order chi connectivity index (χ1) is 7.83. The van der Waals surface area contributed by atoms with Crippen LogP contribution in [0.1, 0.15) is 24.1 Å². The quantitative estimate of drug-likeness (QED) is 0.833. The first kappa shape index (κ1) is 9.78. The Kier molecular flexibility index (Phi) is 2.36. The summed E-state index contributed by atoms with van der Waals surface area (Å²) in [4.78, 5) is 6.86. The Hall–Kier alpha value is -1.42. The van der Waals surface area contributed by atoms with Gasteiger partial charge < -0.3 is 0 Å². The van der Waals surface area contributed by atoms with Gasteiger partial charge in [-0.25, -0.2) is 4.98 Å². The molecule has 4 heteroatoms. The van der Waals surface area contributed by atoms with Crippen LogP contribution in [0.3, 0.4) is 0 Å². The lowest BCUT2D eigenvalue weighted by molar-refractivity contribution is 0.331. The van der Waals surface area contributed by atoms with Crippen LogP contribution in [0.4, 0.5) is 0 Å². The molecule has 4 nitrogen and oxygen atoms in total. The molecule has 0 spiro atoms. The van der Waals surface area contributed by atoms with Gasteiger partial charge in [-0.1, -0.05) is 0 Å². The van der Waals surface area contributed by atoms with Gasteiger partial charge in [-0.2, -0.15) is 5.10 Å². The summed E-state index contributed by atoms with van der Waals surface area (Å²) in [6.45, 7) is 5.51. The fourth-order valence-electron chi connectivity index (χ4n) is 2.35. The van der Waals surface area contributed by atoms with Gasteiger partial charge in [0.05, 0.1) is 0 Å². The van der Waals surface area contributed by atoms with Gasteiger partial charge in [0.25, 0.3) is 0 Å². The van der Waals surface area contributed by atoms with Gasteiger partial charge in [-0.15, -0.1) is 0 Å². The molecule has 0 unspecified atom stereocenters. The number of aryl methyl sites for hydroxylation is 1. The Morgan fingerprint density at radius 3 is 3.00 bits per heavy atom. The van der Waals surface area contributed by atoms with Crippen molar-refractivity contribution in [1.29, 1.82) is 0 Å². The zero-order valence-electron chi connectivity index (χ0n) is 9.53. The molecular weight excluding hydrogens is 200 g/mol. The molecule has 3 heterocycles. The van der Waals surface area contributed by atoms with Crippen LogP contribution in [0, 0.1) is 6.92 Å². The highest BCUT2D eigenvalue weighted by molar-refractivity contribution is 5.77. The number of H-pyrrole nitrogens is 1. The van der Waals surface area contributed by atoms with Crippen molar-refractivity contribution < 1.29 is 0 Å². The Labute approximate surface area is 94.7 Å². The van der Waals surface area contributed by atoms with Crippen molar-refractivity contribution >= 4 is 11.0 Å². The lowest BCUT2D eigenvalue weighted by atomic mass is 10.2. The molecule has 1 N–H and O–H groups in total. The fraction of sp³-hybridized carbons (Fsp3) is 0.500.